The summed E-state index contributed by atoms with van der Waals surface area (Å²) in [5.74, 6) is 1.01. The number of nitrogens with zero attached hydrogens (tertiary/aromatic N) is 2. The second-order valence-corrected chi connectivity index (χ2v) is 6.70. The number of ether oxygens (including phenoxy) is 1. The first-order valence-corrected chi connectivity index (χ1v) is 8.68. The molecule has 0 bridgehead atoms. The van der Waals surface area contributed by atoms with Crippen LogP contribution >= 0.6 is 11.6 Å². The van der Waals surface area contributed by atoms with E-state index in [9.17, 15) is 0 Å². The Hall–Kier alpha value is -2.04. The van der Waals surface area contributed by atoms with Crippen molar-refractivity contribution in [2.24, 2.45) is 0 Å². The molecule has 4 nitrogen and oxygen atoms in total. The minimum absolute atomic E-state index is 0.276. The molecule has 1 saturated heterocycles. The molecule has 0 spiro atoms. The predicted octanol–water partition coefficient (Wildman–Crippen LogP) is 4.55. The van der Waals surface area contributed by atoms with Gasteiger partial charge in [-0.3, -0.25) is 4.40 Å². The van der Waals surface area contributed by atoms with Gasteiger partial charge in [0, 0.05) is 29.9 Å². The largest absolute Gasteiger partial charge is 0.376 e. The standard InChI is InChI=1S/C19H20ClN3O/c1-13-4-9-17-22-18(14-5-7-15(20)8-6-14)19(23(17)12-13)21-11-16-3-2-10-24-16/h4-9,12,16,21H,2-3,10-11H2,1H3/t16-/m1/s1. The molecule has 3 aromatic rings. The lowest BCUT2D eigenvalue weighted by atomic mass is 10.1. The number of anilines is 1. The predicted molar refractivity (Wildman–Crippen MR) is 97.8 cm³/mol. The zero-order valence-electron chi connectivity index (χ0n) is 13.6. The van der Waals surface area contributed by atoms with Crippen LogP contribution in [0.1, 0.15) is 18.4 Å². The first-order valence-electron chi connectivity index (χ1n) is 8.31. The van der Waals surface area contributed by atoms with Crippen molar-refractivity contribution in [3.05, 3.63) is 53.2 Å². The van der Waals surface area contributed by atoms with Crippen LogP contribution in [0.25, 0.3) is 16.9 Å². The third-order valence-corrected chi connectivity index (χ3v) is 4.66. The van der Waals surface area contributed by atoms with Gasteiger partial charge in [0.05, 0.1) is 6.10 Å². The summed E-state index contributed by atoms with van der Waals surface area (Å²) in [6.45, 7) is 3.75. The molecule has 1 atom stereocenters. The van der Waals surface area contributed by atoms with Crippen molar-refractivity contribution in [3.8, 4) is 11.3 Å². The number of halogens is 1. The minimum Gasteiger partial charge on any atom is -0.376 e. The van der Waals surface area contributed by atoms with Crippen molar-refractivity contribution in [1.29, 1.82) is 0 Å². The molecule has 1 N–H and O–H groups in total. The number of pyridine rings is 1. The van der Waals surface area contributed by atoms with Crippen LogP contribution in [0.2, 0.25) is 5.02 Å². The van der Waals surface area contributed by atoms with Gasteiger partial charge in [-0.05, 0) is 43.5 Å². The van der Waals surface area contributed by atoms with Gasteiger partial charge in [-0.15, -0.1) is 0 Å². The van der Waals surface area contributed by atoms with Crippen molar-refractivity contribution in [2.75, 3.05) is 18.5 Å². The molecule has 5 heteroatoms. The summed E-state index contributed by atoms with van der Waals surface area (Å²) in [5, 5.41) is 4.29. The number of benzene rings is 1. The molecule has 0 unspecified atom stereocenters. The SMILES string of the molecule is Cc1ccc2nc(-c3ccc(Cl)cc3)c(NC[C@H]3CCCO3)n2c1. The number of imidazole rings is 1. The van der Waals surface area contributed by atoms with Crippen LogP contribution in [-0.4, -0.2) is 28.6 Å². The van der Waals surface area contributed by atoms with Crippen LogP contribution < -0.4 is 5.32 Å². The van der Waals surface area contributed by atoms with Gasteiger partial charge >= 0.3 is 0 Å². The van der Waals surface area contributed by atoms with E-state index in [1.54, 1.807) is 0 Å². The number of nitrogens with one attached hydrogen (secondary N) is 1. The zero-order chi connectivity index (χ0) is 16.5. The van der Waals surface area contributed by atoms with Crippen LogP contribution in [0.3, 0.4) is 0 Å². The third-order valence-electron chi connectivity index (χ3n) is 4.41. The highest BCUT2D eigenvalue weighted by atomic mass is 35.5. The lowest BCUT2D eigenvalue weighted by molar-refractivity contribution is 0.120. The minimum atomic E-state index is 0.276. The Labute approximate surface area is 146 Å². The van der Waals surface area contributed by atoms with Gasteiger partial charge in [0.1, 0.15) is 17.2 Å². The first-order chi connectivity index (χ1) is 11.7. The molecule has 0 radical (unpaired) electrons. The zero-order valence-corrected chi connectivity index (χ0v) is 14.4. The summed E-state index contributed by atoms with van der Waals surface area (Å²) in [7, 11) is 0. The van der Waals surface area contributed by atoms with E-state index in [0.717, 1.165) is 53.7 Å². The maximum absolute atomic E-state index is 6.03. The number of fused-ring (bicyclic) bond motifs is 1. The molecule has 24 heavy (non-hydrogen) atoms. The molecule has 0 aliphatic carbocycles. The second kappa shape index (κ2) is 6.46. The highest BCUT2D eigenvalue weighted by Gasteiger charge is 2.19. The second-order valence-electron chi connectivity index (χ2n) is 6.27. The summed E-state index contributed by atoms with van der Waals surface area (Å²) in [5.41, 5.74) is 4.12. The fourth-order valence-electron chi connectivity index (χ4n) is 3.14. The van der Waals surface area contributed by atoms with Gasteiger partial charge in [0.15, 0.2) is 0 Å². The Morgan fingerprint density at radius 3 is 2.83 bits per heavy atom. The van der Waals surface area contributed by atoms with Crippen LogP contribution in [0.15, 0.2) is 42.6 Å². The Morgan fingerprint density at radius 2 is 2.08 bits per heavy atom. The Balaban J connectivity index is 1.75. The summed E-state index contributed by atoms with van der Waals surface area (Å²) in [4.78, 5) is 4.82. The average molecular weight is 342 g/mol. The molecule has 124 valence electrons. The molecule has 2 aromatic heterocycles. The van der Waals surface area contributed by atoms with Crippen molar-refractivity contribution >= 4 is 23.1 Å². The maximum Gasteiger partial charge on any atom is 0.139 e. The van der Waals surface area contributed by atoms with Gasteiger partial charge < -0.3 is 10.1 Å². The van der Waals surface area contributed by atoms with E-state index in [1.807, 2.05) is 30.3 Å². The van der Waals surface area contributed by atoms with Gasteiger partial charge in [-0.25, -0.2) is 4.98 Å². The Kier molecular flexibility index (Phi) is 4.17. The molecular formula is C19H20ClN3O. The highest BCUT2D eigenvalue weighted by Crippen LogP contribution is 2.30. The normalized spacial score (nSPS) is 17.5. The van der Waals surface area contributed by atoms with Crippen LogP contribution in [0.4, 0.5) is 5.82 Å². The van der Waals surface area contributed by atoms with E-state index in [1.165, 1.54) is 5.56 Å². The van der Waals surface area contributed by atoms with Gasteiger partial charge in [-0.2, -0.15) is 0 Å². The topological polar surface area (TPSA) is 38.6 Å². The fraction of sp³-hybridized carbons (Fsp3) is 0.316. The third kappa shape index (κ3) is 2.99. The molecule has 1 aliphatic rings. The monoisotopic (exact) mass is 341 g/mol. The quantitative estimate of drug-likeness (QED) is 0.756. The number of aromatic nitrogens is 2. The smallest absolute Gasteiger partial charge is 0.139 e. The fourth-order valence-corrected chi connectivity index (χ4v) is 3.27. The first kappa shape index (κ1) is 15.5. The van der Waals surface area contributed by atoms with E-state index in [-0.39, 0.29) is 6.10 Å². The molecular weight excluding hydrogens is 322 g/mol. The summed E-state index contributed by atoms with van der Waals surface area (Å²) < 4.78 is 7.86. The lowest BCUT2D eigenvalue weighted by Gasteiger charge is -2.13. The molecule has 1 aliphatic heterocycles. The molecule has 1 fully saturated rings. The van der Waals surface area contributed by atoms with Crippen molar-refractivity contribution < 1.29 is 4.74 Å². The summed E-state index contributed by atoms with van der Waals surface area (Å²) >= 11 is 6.03. The van der Waals surface area contributed by atoms with Crippen LogP contribution in [-0.2, 0) is 4.74 Å². The average Bonchev–Trinajstić information content (AvgIpc) is 3.21. The van der Waals surface area contributed by atoms with Crippen LogP contribution in [0, 0.1) is 6.92 Å². The van der Waals surface area contributed by atoms with Crippen molar-refractivity contribution in [3.63, 3.8) is 0 Å². The van der Waals surface area contributed by atoms with Gasteiger partial charge in [0.25, 0.3) is 0 Å². The number of rotatable bonds is 4. The van der Waals surface area contributed by atoms with Gasteiger partial charge in [0.2, 0.25) is 0 Å². The van der Waals surface area contributed by atoms with Crippen molar-refractivity contribution in [1.82, 2.24) is 9.38 Å². The Bertz CT molecular complexity index is 851. The number of hydrogen-bond donors (Lipinski definition) is 1. The Morgan fingerprint density at radius 1 is 1.25 bits per heavy atom. The molecule has 3 heterocycles. The molecule has 4 rings (SSSR count). The highest BCUT2D eigenvalue weighted by molar-refractivity contribution is 6.30. The molecule has 1 aromatic carbocycles. The summed E-state index contributed by atoms with van der Waals surface area (Å²) in [6.07, 6.45) is 4.64. The van der Waals surface area contributed by atoms with E-state index < -0.39 is 0 Å². The lowest BCUT2D eigenvalue weighted by Crippen LogP contribution is -2.19. The van der Waals surface area contributed by atoms with Crippen LogP contribution in [0.5, 0.6) is 0 Å². The molecule has 0 amide bonds. The summed E-state index contributed by atoms with van der Waals surface area (Å²) in [6, 6.07) is 11.9. The van der Waals surface area contributed by atoms with E-state index >= 15 is 0 Å². The van der Waals surface area contributed by atoms with E-state index in [2.05, 4.69) is 28.9 Å². The van der Waals surface area contributed by atoms with E-state index in [0.29, 0.717) is 0 Å². The maximum atomic E-state index is 6.03. The van der Waals surface area contributed by atoms with Crippen molar-refractivity contribution in [2.45, 2.75) is 25.9 Å². The van der Waals surface area contributed by atoms with Gasteiger partial charge in [-0.1, -0.05) is 29.8 Å². The number of aryl methyl sites for hydroxylation is 1. The number of hydrogen-bond acceptors (Lipinski definition) is 3. The molecule has 0 saturated carbocycles. The van der Waals surface area contributed by atoms with E-state index in [4.69, 9.17) is 21.3 Å².